The van der Waals surface area contributed by atoms with Gasteiger partial charge in [0.25, 0.3) is 5.91 Å². The van der Waals surface area contributed by atoms with Crippen molar-refractivity contribution in [1.29, 1.82) is 0 Å². The standard InChI is InChI=1S/C28H26N4O4/c33-23-10-11-24(26(34)18-23)28(35)32(19-20-4-2-1-3-5-20)22-8-6-21(7-9-22)25-12-13-27(30-29-25)31-14-16-36-17-15-31/h1-13,18,33-34H,14-17,19H2. The molecule has 1 aliphatic heterocycles. The first kappa shape index (κ1) is 23.3. The van der Waals surface area contributed by atoms with E-state index < -0.39 is 0 Å². The zero-order valence-electron chi connectivity index (χ0n) is 19.6. The third-order valence-corrected chi connectivity index (χ3v) is 6.10. The van der Waals surface area contributed by atoms with Gasteiger partial charge in [0.1, 0.15) is 11.5 Å². The number of aromatic hydroxyl groups is 2. The van der Waals surface area contributed by atoms with Crippen LogP contribution >= 0.6 is 0 Å². The zero-order valence-corrected chi connectivity index (χ0v) is 19.6. The fourth-order valence-corrected chi connectivity index (χ4v) is 4.15. The number of phenolic OH excluding ortho intramolecular Hbond substituents is 2. The molecule has 0 saturated carbocycles. The minimum Gasteiger partial charge on any atom is -0.508 e. The Morgan fingerprint density at radius 1 is 0.889 bits per heavy atom. The molecule has 2 heterocycles. The largest absolute Gasteiger partial charge is 0.508 e. The van der Waals surface area contributed by atoms with Crippen molar-refractivity contribution in [2.75, 3.05) is 36.1 Å². The summed E-state index contributed by atoms with van der Waals surface area (Å²) in [6, 6.07) is 25.0. The first-order valence-corrected chi connectivity index (χ1v) is 11.7. The number of carbonyl (C=O) groups is 1. The molecule has 3 aromatic carbocycles. The highest BCUT2D eigenvalue weighted by molar-refractivity contribution is 6.08. The lowest BCUT2D eigenvalue weighted by atomic mass is 10.1. The Balaban J connectivity index is 1.41. The molecule has 2 N–H and O–H groups in total. The Kier molecular flexibility index (Phi) is 6.77. The summed E-state index contributed by atoms with van der Waals surface area (Å²) in [4.78, 5) is 17.2. The van der Waals surface area contributed by atoms with E-state index in [1.807, 2.05) is 66.7 Å². The van der Waals surface area contributed by atoms with E-state index in [1.54, 1.807) is 4.90 Å². The summed E-state index contributed by atoms with van der Waals surface area (Å²) in [5.74, 6) is 0.0693. The summed E-state index contributed by atoms with van der Waals surface area (Å²) in [6.07, 6.45) is 0. The van der Waals surface area contributed by atoms with Gasteiger partial charge in [-0.1, -0.05) is 42.5 Å². The highest BCUT2D eigenvalue weighted by Crippen LogP contribution is 2.29. The van der Waals surface area contributed by atoms with Crippen molar-refractivity contribution in [2.24, 2.45) is 0 Å². The van der Waals surface area contributed by atoms with Crippen molar-refractivity contribution in [3.05, 3.63) is 96.1 Å². The molecule has 182 valence electrons. The minimum atomic E-state index is -0.376. The maximum absolute atomic E-state index is 13.5. The number of aromatic nitrogens is 2. The average molecular weight is 483 g/mol. The Bertz CT molecular complexity index is 1320. The summed E-state index contributed by atoms with van der Waals surface area (Å²) < 4.78 is 5.40. The van der Waals surface area contributed by atoms with Crippen LogP contribution < -0.4 is 9.80 Å². The SMILES string of the molecule is O=C(c1ccc(O)cc1O)N(Cc1ccccc1)c1ccc(-c2ccc(N3CCOCC3)nn2)cc1. The van der Waals surface area contributed by atoms with Gasteiger partial charge in [-0.3, -0.25) is 4.79 Å². The predicted octanol–water partition coefficient (Wildman–Crippen LogP) is 4.24. The molecule has 36 heavy (non-hydrogen) atoms. The van der Waals surface area contributed by atoms with Crippen LogP contribution in [0.3, 0.4) is 0 Å². The summed E-state index contributed by atoms with van der Waals surface area (Å²) in [6.45, 7) is 3.28. The Labute approximate surface area is 209 Å². The van der Waals surface area contributed by atoms with Crippen LogP contribution in [-0.4, -0.2) is 52.6 Å². The highest BCUT2D eigenvalue weighted by Gasteiger charge is 2.22. The highest BCUT2D eigenvalue weighted by atomic mass is 16.5. The molecule has 0 aliphatic carbocycles. The third kappa shape index (κ3) is 5.13. The molecule has 8 heteroatoms. The molecule has 5 rings (SSSR count). The van der Waals surface area contributed by atoms with Crippen LogP contribution in [0.5, 0.6) is 11.5 Å². The number of morpholine rings is 1. The fourth-order valence-electron chi connectivity index (χ4n) is 4.15. The minimum absolute atomic E-state index is 0.108. The topological polar surface area (TPSA) is 99.0 Å². The number of amides is 1. The first-order valence-electron chi connectivity index (χ1n) is 11.7. The Hall–Kier alpha value is -4.43. The molecule has 1 aromatic heterocycles. The second-order valence-electron chi connectivity index (χ2n) is 8.50. The van der Waals surface area contributed by atoms with E-state index in [4.69, 9.17) is 4.74 Å². The zero-order chi connectivity index (χ0) is 24.9. The molecule has 4 aromatic rings. The number of hydrogen-bond donors (Lipinski definition) is 2. The normalized spacial score (nSPS) is 13.4. The van der Waals surface area contributed by atoms with Crippen LogP contribution in [0, 0.1) is 0 Å². The van der Waals surface area contributed by atoms with Gasteiger partial charge in [0.15, 0.2) is 5.82 Å². The number of nitrogens with zero attached hydrogens (tertiary/aromatic N) is 4. The van der Waals surface area contributed by atoms with Crippen LogP contribution in [0.15, 0.2) is 84.9 Å². The van der Waals surface area contributed by atoms with Crippen molar-refractivity contribution in [2.45, 2.75) is 6.54 Å². The van der Waals surface area contributed by atoms with E-state index in [-0.39, 0.29) is 23.0 Å². The van der Waals surface area contributed by atoms with E-state index in [9.17, 15) is 15.0 Å². The second-order valence-corrected chi connectivity index (χ2v) is 8.50. The molecule has 1 saturated heterocycles. The molecule has 0 spiro atoms. The monoisotopic (exact) mass is 482 g/mol. The van der Waals surface area contributed by atoms with Gasteiger partial charge in [-0.25, -0.2) is 0 Å². The van der Waals surface area contributed by atoms with Crippen molar-refractivity contribution in [1.82, 2.24) is 10.2 Å². The first-order chi connectivity index (χ1) is 17.6. The van der Waals surface area contributed by atoms with Crippen molar-refractivity contribution in [3.63, 3.8) is 0 Å². The quantitative estimate of drug-likeness (QED) is 0.424. The van der Waals surface area contributed by atoms with Crippen LogP contribution in [0.4, 0.5) is 11.5 Å². The van der Waals surface area contributed by atoms with Gasteiger partial charge in [0.2, 0.25) is 0 Å². The maximum Gasteiger partial charge on any atom is 0.262 e. The number of hydrogen-bond acceptors (Lipinski definition) is 7. The van der Waals surface area contributed by atoms with E-state index in [0.717, 1.165) is 41.8 Å². The molecule has 0 bridgehead atoms. The summed E-state index contributed by atoms with van der Waals surface area (Å²) in [5, 5.41) is 28.7. The number of anilines is 2. The number of carbonyl (C=O) groups excluding carboxylic acids is 1. The summed E-state index contributed by atoms with van der Waals surface area (Å²) in [7, 11) is 0. The van der Waals surface area contributed by atoms with Crippen LogP contribution in [-0.2, 0) is 11.3 Å². The number of ether oxygens (including phenoxy) is 1. The third-order valence-electron chi connectivity index (χ3n) is 6.10. The lowest BCUT2D eigenvalue weighted by molar-refractivity contribution is 0.0982. The smallest absolute Gasteiger partial charge is 0.262 e. The van der Waals surface area contributed by atoms with Gasteiger partial charge < -0.3 is 24.7 Å². The number of phenols is 2. The van der Waals surface area contributed by atoms with Gasteiger partial charge in [-0.2, -0.15) is 0 Å². The van der Waals surface area contributed by atoms with Gasteiger partial charge >= 0.3 is 0 Å². The van der Waals surface area contributed by atoms with Crippen LogP contribution in [0.2, 0.25) is 0 Å². The average Bonchev–Trinajstić information content (AvgIpc) is 2.93. The lowest BCUT2D eigenvalue weighted by Crippen LogP contribution is -2.36. The van der Waals surface area contributed by atoms with Gasteiger partial charge in [0.05, 0.1) is 31.0 Å². The molecule has 1 fully saturated rings. The Morgan fingerprint density at radius 2 is 1.64 bits per heavy atom. The maximum atomic E-state index is 13.5. The van der Waals surface area contributed by atoms with Crippen molar-refractivity contribution < 1.29 is 19.7 Å². The van der Waals surface area contributed by atoms with Gasteiger partial charge in [-0.05, 0) is 42.0 Å². The fraction of sp³-hybridized carbons (Fsp3) is 0.179. The molecule has 1 aliphatic rings. The van der Waals surface area contributed by atoms with E-state index >= 15 is 0 Å². The number of benzene rings is 3. The van der Waals surface area contributed by atoms with Crippen molar-refractivity contribution in [3.8, 4) is 22.8 Å². The number of rotatable bonds is 6. The molecule has 0 unspecified atom stereocenters. The van der Waals surface area contributed by atoms with E-state index in [2.05, 4.69) is 15.1 Å². The predicted molar refractivity (Wildman–Crippen MR) is 137 cm³/mol. The van der Waals surface area contributed by atoms with Crippen LogP contribution in [0.25, 0.3) is 11.3 Å². The van der Waals surface area contributed by atoms with E-state index in [1.165, 1.54) is 12.1 Å². The molecular weight excluding hydrogens is 456 g/mol. The van der Waals surface area contributed by atoms with Crippen molar-refractivity contribution >= 4 is 17.4 Å². The summed E-state index contributed by atoms with van der Waals surface area (Å²) in [5.41, 5.74) is 3.32. The summed E-state index contributed by atoms with van der Waals surface area (Å²) >= 11 is 0. The molecule has 8 nitrogen and oxygen atoms in total. The molecule has 1 amide bonds. The lowest BCUT2D eigenvalue weighted by Gasteiger charge is -2.27. The molecular formula is C28H26N4O4. The van der Waals surface area contributed by atoms with Crippen LogP contribution in [0.1, 0.15) is 15.9 Å². The Morgan fingerprint density at radius 3 is 2.31 bits per heavy atom. The molecule has 0 atom stereocenters. The van der Waals surface area contributed by atoms with E-state index in [0.29, 0.717) is 25.4 Å². The second kappa shape index (κ2) is 10.5. The van der Waals surface area contributed by atoms with Gasteiger partial charge in [0, 0.05) is 30.4 Å². The molecule has 0 radical (unpaired) electrons. The van der Waals surface area contributed by atoms with Gasteiger partial charge in [-0.15, -0.1) is 10.2 Å².